The molecule has 0 unspecified atom stereocenters. The van der Waals surface area contributed by atoms with E-state index in [-0.39, 0.29) is 24.3 Å². The zero-order chi connectivity index (χ0) is 15.2. The first-order valence-electron chi connectivity index (χ1n) is 7.45. The number of hydrogen-bond acceptors (Lipinski definition) is 4. The van der Waals surface area contributed by atoms with Crippen LogP contribution in [0.1, 0.15) is 49.4 Å². The minimum atomic E-state index is -0.130. The van der Waals surface area contributed by atoms with Gasteiger partial charge in [0, 0.05) is 18.0 Å². The van der Waals surface area contributed by atoms with Crippen molar-refractivity contribution in [3.8, 4) is 5.75 Å². The summed E-state index contributed by atoms with van der Waals surface area (Å²) in [6.45, 7) is 1.75. The van der Waals surface area contributed by atoms with Gasteiger partial charge in [-0.2, -0.15) is 0 Å². The fraction of sp³-hybridized carbons (Fsp3) is 0.500. The zero-order valence-electron chi connectivity index (χ0n) is 12.4. The van der Waals surface area contributed by atoms with E-state index >= 15 is 0 Å². The van der Waals surface area contributed by atoms with Crippen LogP contribution in [-0.2, 0) is 4.79 Å². The zero-order valence-corrected chi connectivity index (χ0v) is 12.4. The fourth-order valence-electron chi connectivity index (χ4n) is 2.54. The minimum absolute atomic E-state index is 0.0345. The number of Topliss-reactive ketones (excluding diaryl/α,β-unsaturated/α-hetero) is 1. The van der Waals surface area contributed by atoms with Gasteiger partial charge in [-0.3, -0.25) is 9.59 Å². The van der Waals surface area contributed by atoms with Crippen molar-refractivity contribution >= 4 is 17.4 Å². The first-order valence-corrected chi connectivity index (χ1v) is 7.45. The Kier molecular flexibility index (Phi) is 5.20. The van der Waals surface area contributed by atoms with Crippen molar-refractivity contribution in [3.63, 3.8) is 0 Å². The lowest BCUT2D eigenvalue weighted by Crippen LogP contribution is -2.36. The number of ketones is 1. The molecule has 3 N–H and O–H groups in total. The Hall–Kier alpha value is -2.04. The summed E-state index contributed by atoms with van der Waals surface area (Å²) in [7, 11) is 0. The first kappa shape index (κ1) is 15.4. The molecule has 0 atom stereocenters. The summed E-state index contributed by atoms with van der Waals surface area (Å²) in [5.41, 5.74) is 6.80. The third kappa shape index (κ3) is 4.21. The van der Waals surface area contributed by atoms with Gasteiger partial charge in [0.2, 0.25) is 0 Å². The highest BCUT2D eigenvalue weighted by molar-refractivity contribution is 5.97. The van der Waals surface area contributed by atoms with Crippen molar-refractivity contribution in [2.45, 2.75) is 45.1 Å². The van der Waals surface area contributed by atoms with Gasteiger partial charge in [-0.05, 0) is 31.0 Å². The lowest BCUT2D eigenvalue weighted by Gasteiger charge is -2.13. The van der Waals surface area contributed by atoms with E-state index in [1.165, 1.54) is 12.8 Å². The number of carbonyl (C=O) groups excluding carboxylic acids is 2. The molecule has 0 saturated heterocycles. The second kappa shape index (κ2) is 7.11. The lowest BCUT2D eigenvalue weighted by atomic mass is 10.1. The predicted octanol–water partition coefficient (Wildman–Crippen LogP) is 2.30. The molecule has 5 heteroatoms. The van der Waals surface area contributed by atoms with Crippen LogP contribution in [0.25, 0.3) is 0 Å². The number of anilines is 1. The number of nitrogen functional groups attached to an aromatic ring is 1. The molecule has 0 bridgehead atoms. The maximum Gasteiger partial charge on any atom is 0.258 e. The highest BCUT2D eigenvalue weighted by atomic mass is 16.5. The van der Waals surface area contributed by atoms with Crippen molar-refractivity contribution in [1.82, 2.24) is 5.32 Å². The van der Waals surface area contributed by atoms with Crippen molar-refractivity contribution in [2.24, 2.45) is 0 Å². The first-order chi connectivity index (χ1) is 10.1. The van der Waals surface area contributed by atoms with Gasteiger partial charge in [0.15, 0.2) is 12.4 Å². The van der Waals surface area contributed by atoms with Gasteiger partial charge in [-0.15, -0.1) is 0 Å². The van der Waals surface area contributed by atoms with Gasteiger partial charge < -0.3 is 15.8 Å². The number of amides is 1. The predicted molar refractivity (Wildman–Crippen MR) is 81.4 cm³/mol. The summed E-state index contributed by atoms with van der Waals surface area (Å²) in [6.07, 6.45) is 4.87. The van der Waals surface area contributed by atoms with Gasteiger partial charge >= 0.3 is 0 Å². The Balaban J connectivity index is 1.87. The van der Waals surface area contributed by atoms with Gasteiger partial charge in [0.1, 0.15) is 5.75 Å². The number of rotatable bonds is 6. The van der Waals surface area contributed by atoms with Crippen LogP contribution in [0.15, 0.2) is 18.2 Å². The molecule has 0 aliphatic heterocycles. The number of hydrogen-bond donors (Lipinski definition) is 2. The second-order valence-corrected chi connectivity index (χ2v) is 5.37. The maximum absolute atomic E-state index is 11.8. The molecule has 0 radical (unpaired) electrons. The van der Waals surface area contributed by atoms with Crippen LogP contribution in [-0.4, -0.2) is 24.3 Å². The van der Waals surface area contributed by atoms with Gasteiger partial charge in [0.25, 0.3) is 5.91 Å². The van der Waals surface area contributed by atoms with Crippen LogP contribution in [0.5, 0.6) is 5.75 Å². The Morgan fingerprint density at radius 3 is 2.67 bits per heavy atom. The topological polar surface area (TPSA) is 81.4 Å². The van der Waals surface area contributed by atoms with Gasteiger partial charge in [-0.25, -0.2) is 0 Å². The van der Waals surface area contributed by atoms with Crippen LogP contribution in [0.3, 0.4) is 0 Å². The Labute approximate surface area is 124 Å². The highest BCUT2D eigenvalue weighted by Crippen LogP contribution is 2.23. The summed E-state index contributed by atoms with van der Waals surface area (Å²) < 4.78 is 5.43. The van der Waals surface area contributed by atoms with Gasteiger partial charge in [-0.1, -0.05) is 19.8 Å². The molecular formula is C16H22N2O3. The molecule has 1 fully saturated rings. The van der Waals surface area contributed by atoms with Crippen molar-refractivity contribution in [2.75, 3.05) is 12.3 Å². The maximum atomic E-state index is 11.8. The van der Waals surface area contributed by atoms with E-state index in [0.717, 1.165) is 12.8 Å². The molecule has 1 saturated carbocycles. The molecule has 5 nitrogen and oxygen atoms in total. The molecule has 1 aliphatic carbocycles. The van der Waals surface area contributed by atoms with E-state index in [0.29, 0.717) is 23.4 Å². The van der Waals surface area contributed by atoms with Crippen molar-refractivity contribution < 1.29 is 14.3 Å². The largest absolute Gasteiger partial charge is 0.482 e. The highest BCUT2D eigenvalue weighted by Gasteiger charge is 2.17. The summed E-state index contributed by atoms with van der Waals surface area (Å²) in [5.74, 6) is 0.339. The molecule has 0 heterocycles. The SMILES string of the molecule is CCC(=O)c1ccc(OCC(=O)NC2CCCC2)c(N)c1. The third-order valence-electron chi connectivity index (χ3n) is 3.73. The van der Waals surface area contributed by atoms with Crippen molar-refractivity contribution in [3.05, 3.63) is 23.8 Å². The molecule has 114 valence electrons. The van der Waals surface area contributed by atoms with Crippen LogP contribution in [0, 0.1) is 0 Å². The number of nitrogens with two attached hydrogens (primary N) is 1. The van der Waals surface area contributed by atoms with Crippen LogP contribution >= 0.6 is 0 Å². The lowest BCUT2D eigenvalue weighted by molar-refractivity contribution is -0.123. The molecule has 1 aromatic rings. The quantitative estimate of drug-likeness (QED) is 0.622. The average molecular weight is 290 g/mol. The Bertz CT molecular complexity index is 522. The molecular weight excluding hydrogens is 268 g/mol. The number of ether oxygens (including phenoxy) is 1. The summed E-state index contributed by atoms with van der Waals surface area (Å²) in [6, 6.07) is 5.19. The fourth-order valence-corrected chi connectivity index (χ4v) is 2.54. The standard InChI is InChI=1S/C16H22N2O3/c1-2-14(19)11-7-8-15(13(17)9-11)21-10-16(20)18-12-5-3-4-6-12/h7-9,12H,2-6,10,17H2,1H3,(H,18,20). The van der Waals surface area contributed by atoms with E-state index in [4.69, 9.17) is 10.5 Å². The van der Waals surface area contributed by atoms with Crippen molar-refractivity contribution in [1.29, 1.82) is 0 Å². The molecule has 1 aliphatic rings. The van der Waals surface area contributed by atoms with Crippen LogP contribution < -0.4 is 15.8 Å². The van der Waals surface area contributed by atoms with E-state index < -0.39 is 0 Å². The average Bonchev–Trinajstić information content (AvgIpc) is 2.98. The minimum Gasteiger partial charge on any atom is -0.482 e. The van der Waals surface area contributed by atoms with Gasteiger partial charge in [0.05, 0.1) is 5.69 Å². The summed E-state index contributed by atoms with van der Waals surface area (Å²) in [5, 5.41) is 2.95. The molecule has 1 amide bonds. The number of carbonyl (C=O) groups is 2. The molecule has 21 heavy (non-hydrogen) atoms. The molecule has 1 aromatic carbocycles. The Morgan fingerprint density at radius 2 is 2.05 bits per heavy atom. The third-order valence-corrected chi connectivity index (χ3v) is 3.73. The van der Waals surface area contributed by atoms with Crippen LogP contribution in [0.2, 0.25) is 0 Å². The van der Waals surface area contributed by atoms with E-state index in [1.54, 1.807) is 25.1 Å². The molecule has 0 aromatic heterocycles. The van der Waals surface area contributed by atoms with E-state index in [9.17, 15) is 9.59 Å². The number of benzene rings is 1. The Morgan fingerprint density at radius 1 is 1.33 bits per heavy atom. The number of nitrogens with one attached hydrogen (secondary N) is 1. The molecule has 0 spiro atoms. The van der Waals surface area contributed by atoms with Crippen LogP contribution in [0.4, 0.5) is 5.69 Å². The second-order valence-electron chi connectivity index (χ2n) is 5.37. The summed E-state index contributed by atoms with van der Waals surface area (Å²) in [4.78, 5) is 23.3. The normalized spacial score (nSPS) is 14.9. The molecule has 2 rings (SSSR count). The summed E-state index contributed by atoms with van der Waals surface area (Å²) >= 11 is 0. The van der Waals surface area contributed by atoms with E-state index in [2.05, 4.69) is 5.32 Å². The smallest absolute Gasteiger partial charge is 0.258 e. The monoisotopic (exact) mass is 290 g/mol. The van der Waals surface area contributed by atoms with E-state index in [1.807, 2.05) is 0 Å².